The molecule has 0 spiro atoms. The number of rotatable bonds is 5. The number of aliphatic hydroxyl groups is 3. The highest BCUT2D eigenvalue weighted by atomic mass is 16.6. The van der Waals surface area contributed by atoms with Crippen LogP contribution < -0.4 is 0 Å². The molecule has 6 fully saturated rings. The molecular formula is C37H58O8. The second-order valence-corrected chi connectivity index (χ2v) is 17.8. The molecule has 0 aromatic rings. The van der Waals surface area contributed by atoms with Gasteiger partial charge < -0.3 is 30.3 Å². The van der Waals surface area contributed by atoms with Crippen molar-refractivity contribution >= 4 is 11.9 Å². The zero-order chi connectivity index (χ0) is 33.1. The number of hydrogen-bond donors (Lipinski definition) is 5. The van der Waals surface area contributed by atoms with Crippen molar-refractivity contribution in [2.45, 2.75) is 143 Å². The summed E-state index contributed by atoms with van der Waals surface area (Å²) in [6, 6.07) is 0. The van der Waals surface area contributed by atoms with Gasteiger partial charge in [0, 0.05) is 0 Å². The van der Waals surface area contributed by atoms with Crippen LogP contribution in [0.15, 0.2) is 12.2 Å². The van der Waals surface area contributed by atoms with Crippen molar-refractivity contribution in [3.63, 3.8) is 0 Å². The number of hydrogen-bond acceptors (Lipinski definition) is 6. The predicted octanol–water partition coefficient (Wildman–Crippen LogP) is 5.67. The van der Waals surface area contributed by atoms with E-state index in [1.165, 1.54) is 0 Å². The summed E-state index contributed by atoms with van der Waals surface area (Å²) in [5.41, 5.74) is 0.712. The molecular weight excluding hydrogens is 572 g/mol. The van der Waals surface area contributed by atoms with E-state index in [2.05, 4.69) is 48.1 Å². The van der Waals surface area contributed by atoms with E-state index in [9.17, 15) is 35.1 Å². The number of aliphatic hydroxyl groups excluding tert-OH is 3. The first-order valence-corrected chi connectivity index (χ1v) is 17.7. The summed E-state index contributed by atoms with van der Waals surface area (Å²) < 4.78 is 5.75. The number of aliphatic carboxylic acids is 2. The van der Waals surface area contributed by atoms with Gasteiger partial charge >= 0.3 is 11.9 Å². The Labute approximate surface area is 269 Å². The lowest BCUT2D eigenvalue weighted by molar-refractivity contribution is -0.252. The van der Waals surface area contributed by atoms with Crippen LogP contribution in [0.3, 0.4) is 0 Å². The average Bonchev–Trinajstić information content (AvgIpc) is 3.36. The molecule has 1 saturated heterocycles. The van der Waals surface area contributed by atoms with Gasteiger partial charge in [-0.15, -0.1) is 0 Å². The standard InChI is InChI=1S/C37H58O8/c1-19(2)21-11-15-37(32(43)44)17-16-35(6)22(26(21)37)8-9-25-34(5)13-10-20(33(3,4)24(34)12-14-36(25,35)7)18-23-27(38)28(39)29(40)30(45-23)31(41)42/h20-30,38-40H,1,8-18H2,2-7H3,(H,41,42)(H,43,44)/t20-,21-,22?,23-,24?,25?,26?,27?,28?,29+,30?,34-,35+,36+,37-/m0/s1. The molecule has 1 heterocycles. The minimum atomic E-state index is -1.67. The Bertz CT molecular complexity index is 1230. The summed E-state index contributed by atoms with van der Waals surface area (Å²) in [6.45, 7) is 18.7. The van der Waals surface area contributed by atoms with Gasteiger partial charge in [-0.1, -0.05) is 46.8 Å². The fourth-order valence-corrected chi connectivity index (χ4v) is 13.6. The van der Waals surface area contributed by atoms with E-state index in [4.69, 9.17) is 4.74 Å². The van der Waals surface area contributed by atoms with Crippen molar-refractivity contribution < 1.29 is 39.9 Å². The molecule has 5 aliphatic carbocycles. The molecule has 8 heteroatoms. The van der Waals surface area contributed by atoms with E-state index in [0.717, 1.165) is 69.8 Å². The molecule has 1 aliphatic heterocycles. The third kappa shape index (κ3) is 4.43. The summed E-state index contributed by atoms with van der Waals surface area (Å²) in [5.74, 6) is 0.0272. The quantitative estimate of drug-likeness (QED) is 0.245. The van der Waals surface area contributed by atoms with Crippen LogP contribution in [-0.2, 0) is 14.3 Å². The third-order valence-corrected chi connectivity index (χ3v) is 16.2. The monoisotopic (exact) mass is 630 g/mol. The van der Waals surface area contributed by atoms with Crippen LogP contribution in [0.2, 0.25) is 0 Å². The van der Waals surface area contributed by atoms with Crippen LogP contribution in [0, 0.1) is 62.6 Å². The fraction of sp³-hybridized carbons (Fsp3) is 0.892. The van der Waals surface area contributed by atoms with Gasteiger partial charge in [0.15, 0.2) is 6.10 Å². The van der Waals surface area contributed by atoms with E-state index in [-0.39, 0.29) is 39.4 Å². The Kier molecular flexibility index (Phi) is 7.99. The number of ether oxygens (including phenoxy) is 1. The van der Waals surface area contributed by atoms with Crippen LogP contribution in [0.4, 0.5) is 0 Å². The van der Waals surface area contributed by atoms with E-state index in [1.54, 1.807) is 0 Å². The van der Waals surface area contributed by atoms with Crippen molar-refractivity contribution in [1.29, 1.82) is 0 Å². The van der Waals surface area contributed by atoms with Gasteiger partial charge in [-0.05, 0) is 135 Å². The maximum atomic E-state index is 12.9. The molecule has 5 saturated carbocycles. The summed E-state index contributed by atoms with van der Waals surface area (Å²) in [6.07, 6.45) is 3.27. The largest absolute Gasteiger partial charge is 0.481 e. The van der Waals surface area contributed by atoms with Crippen LogP contribution in [0.5, 0.6) is 0 Å². The number of carbonyl (C=O) groups is 2. The van der Waals surface area contributed by atoms with Gasteiger partial charge in [0.2, 0.25) is 0 Å². The van der Waals surface area contributed by atoms with E-state index in [1.807, 2.05) is 0 Å². The van der Waals surface area contributed by atoms with Crippen molar-refractivity contribution in [3.8, 4) is 0 Å². The summed E-state index contributed by atoms with van der Waals surface area (Å²) in [4.78, 5) is 24.7. The first kappa shape index (κ1) is 33.4. The second-order valence-electron chi connectivity index (χ2n) is 17.8. The smallest absolute Gasteiger partial charge is 0.335 e. The normalized spacial score (nSPS) is 53.8. The molecule has 5 N–H and O–H groups in total. The third-order valence-electron chi connectivity index (χ3n) is 16.2. The van der Waals surface area contributed by atoms with Crippen LogP contribution >= 0.6 is 0 Å². The van der Waals surface area contributed by atoms with Crippen LogP contribution in [-0.4, -0.2) is 68.0 Å². The lowest BCUT2D eigenvalue weighted by Crippen LogP contribution is -2.67. The Balaban J connectivity index is 1.27. The molecule has 6 aliphatic rings. The van der Waals surface area contributed by atoms with E-state index >= 15 is 0 Å². The topological polar surface area (TPSA) is 145 Å². The van der Waals surface area contributed by atoms with Gasteiger partial charge in [0.1, 0.15) is 18.3 Å². The Hall–Kier alpha value is -1.48. The number of carboxylic acids is 2. The molecule has 0 aromatic carbocycles. The van der Waals surface area contributed by atoms with Crippen molar-refractivity contribution in [3.05, 3.63) is 12.2 Å². The molecule has 0 bridgehead atoms. The maximum Gasteiger partial charge on any atom is 0.335 e. The summed E-state index contributed by atoms with van der Waals surface area (Å²) in [5, 5.41) is 51.7. The molecule has 15 atom stereocenters. The summed E-state index contributed by atoms with van der Waals surface area (Å²) in [7, 11) is 0. The highest BCUT2D eigenvalue weighted by Gasteiger charge is 2.72. The molecule has 7 unspecified atom stereocenters. The van der Waals surface area contributed by atoms with E-state index < -0.39 is 47.9 Å². The van der Waals surface area contributed by atoms with Gasteiger partial charge in [0.25, 0.3) is 0 Å². The summed E-state index contributed by atoms with van der Waals surface area (Å²) >= 11 is 0. The first-order valence-electron chi connectivity index (χ1n) is 17.7. The zero-order valence-electron chi connectivity index (χ0n) is 28.3. The lowest BCUT2D eigenvalue weighted by Gasteiger charge is -2.73. The molecule has 254 valence electrons. The van der Waals surface area contributed by atoms with Gasteiger partial charge in [0.05, 0.1) is 11.5 Å². The first-order chi connectivity index (χ1) is 20.9. The molecule has 0 amide bonds. The Morgan fingerprint density at radius 2 is 1.47 bits per heavy atom. The highest BCUT2D eigenvalue weighted by molar-refractivity contribution is 5.76. The van der Waals surface area contributed by atoms with E-state index in [0.29, 0.717) is 24.2 Å². The SMILES string of the molecule is C=C(C)[C@@H]1CC[C@]2(C(=O)O)CC[C@]3(C)C(CCC4[C@@]5(C)CC[C@@H](C[C@@H]6OC(C(=O)O)[C@H](O)C(O)C6O)C(C)(C)C5CC[C@]43C)C12. The average molecular weight is 631 g/mol. The molecule has 6 rings (SSSR count). The number of allylic oxidation sites excluding steroid dienone is 1. The minimum absolute atomic E-state index is 0.0649. The fourth-order valence-electron chi connectivity index (χ4n) is 13.6. The lowest BCUT2D eigenvalue weighted by atomic mass is 9.32. The van der Waals surface area contributed by atoms with Gasteiger partial charge in [-0.2, -0.15) is 0 Å². The highest BCUT2D eigenvalue weighted by Crippen LogP contribution is 2.78. The van der Waals surface area contributed by atoms with Crippen LogP contribution in [0.25, 0.3) is 0 Å². The Morgan fingerprint density at radius 3 is 2.09 bits per heavy atom. The van der Waals surface area contributed by atoms with Crippen LogP contribution in [0.1, 0.15) is 112 Å². The van der Waals surface area contributed by atoms with Crippen molar-refractivity contribution in [2.24, 2.45) is 62.6 Å². The van der Waals surface area contributed by atoms with Crippen molar-refractivity contribution in [1.82, 2.24) is 0 Å². The molecule has 8 nitrogen and oxygen atoms in total. The minimum Gasteiger partial charge on any atom is -0.481 e. The Morgan fingerprint density at radius 1 is 0.778 bits per heavy atom. The number of fused-ring (bicyclic) bond motifs is 7. The predicted molar refractivity (Wildman–Crippen MR) is 169 cm³/mol. The zero-order valence-corrected chi connectivity index (χ0v) is 28.3. The van der Waals surface area contributed by atoms with Gasteiger partial charge in [-0.3, -0.25) is 4.79 Å². The van der Waals surface area contributed by atoms with Gasteiger partial charge in [-0.25, -0.2) is 4.79 Å². The number of carboxylic acid groups (broad SMARTS) is 2. The molecule has 0 radical (unpaired) electrons. The van der Waals surface area contributed by atoms with Crippen molar-refractivity contribution in [2.75, 3.05) is 0 Å². The maximum absolute atomic E-state index is 12.9. The second kappa shape index (κ2) is 10.8. The molecule has 0 aromatic heterocycles. The molecule has 45 heavy (non-hydrogen) atoms.